The average Bonchev–Trinajstić information content (AvgIpc) is 3.07. The molecule has 1 saturated heterocycles. The number of likely N-dealkylation sites (N-methyl/N-ethyl adjacent to an activating group) is 1. The number of amides is 3. The molecule has 1 atom stereocenters. The zero-order valence-electron chi connectivity index (χ0n) is 19.2. The highest BCUT2D eigenvalue weighted by atomic mass is 16.5. The van der Waals surface area contributed by atoms with E-state index in [0.29, 0.717) is 32.7 Å². The van der Waals surface area contributed by atoms with Crippen molar-refractivity contribution in [3.8, 4) is 5.75 Å². The van der Waals surface area contributed by atoms with Gasteiger partial charge in [-0.05, 0) is 24.1 Å². The summed E-state index contributed by atoms with van der Waals surface area (Å²) in [6.45, 7) is 3.73. The summed E-state index contributed by atoms with van der Waals surface area (Å²) in [6.07, 6.45) is 0.681. The molecule has 9 nitrogen and oxygen atoms in total. The van der Waals surface area contributed by atoms with Crippen LogP contribution in [0.3, 0.4) is 0 Å². The fraction of sp³-hybridized carbons (Fsp3) is 0.320. The summed E-state index contributed by atoms with van der Waals surface area (Å²) in [5.41, 5.74) is 1.40. The Bertz CT molecular complexity index is 1130. The largest absolute Gasteiger partial charge is 0.505 e. The second kappa shape index (κ2) is 9.96. The van der Waals surface area contributed by atoms with Gasteiger partial charge in [-0.15, -0.1) is 0 Å². The monoisotopic (exact) mass is 464 g/mol. The van der Waals surface area contributed by atoms with E-state index >= 15 is 0 Å². The minimum atomic E-state index is -0.528. The quantitative estimate of drug-likeness (QED) is 0.426. The number of carbonyl (C=O) groups is 3. The summed E-state index contributed by atoms with van der Waals surface area (Å²) in [6, 6.07) is 14.1. The molecule has 0 aromatic heterocycles. The molecule has 2 aliphatic heterocycles. The van der Waals surface area contributed by atoms with Crippen molar-refractivity contribution in [1.29, 1.82) is 0 Å². The summed E-state index contributed by atoms with van der Waals surface area (Å²) in [5.74, 6) is -1.60. The van der Waals surface area contributed by atoms with Crippen molar-refractivity contribution in [1.82, 2.24) is 15.1 Å². The maximum atomic E-state index is 12.9. The smallest absolute Gasteiger partial charge is 0.279 e. The lowest BCUT2D eigenvalue weighted by Crippen LogP contribution is -2.40. The van der Waals surface area contributed by atoms with E-state index in [9.17, 15) is 19.5 Å². The summed E-state index contributed by atoms with van der Waals surface area (Å²) in [7, 11) is 1.41. The van der Waals surface area contributed by atoms with Gasteiger partial charge in [0.05, 0.1) is 30.5 Å². The molecular formula is C25H28N4O5. The van der Waals surface area contributed by atoms with Crippen LogP contribution < -0.4 is 10.6 Å². The maximum Gasteiger partial charge on any atom is 0.279 e. The molecule has 0 bridgehead atoms. The lowest BCUT2D eigenvalue weighted by atomic mass is 10.0. The van der Waals surface area contributed by atoms with Gasteiger partial charge >= 0.3 is 0 Å². The van der Waals surface area contributed by atoms with Gasteiger partial charge in [-0.3, -0.25) is 19.3 Å². The van der Waals surface area contributed by atoms with E-state index in [1.807, 2.05) is 37.3 Å². The van der Waals surface area contributed by atoms with Gasteiger partial charge in [0.25, 0.3) is 17.7 Å². The molecule has 178 valence electrons. The van der Waals surface area contributed by atoms with Crippen molar-refractivity contribution < 1.29 is 24.2 Å². The van der Waals surface area contributed by atoms with Gasteiger partial charge in [0.15, 0.2) is 5.75 Å². The number of carbonyl (C=O) groups excluding carboxylic acids is 3. The molecule has 0 aliphatic carbocycles. The highest BCUT2D eigenvalue weighted by Crippen LogP contribution is 2.32. The van der Waals surface area contributed by atoms with Crippen LogP contribution in [0.1, 0.15) is 35.3 Å². The number of aromatic hydroxyl groups is 1. The SMILES string of the molecule is CC[C@@H](NC1=C(Nc2cccc(C(=O)N3CCOCC3)c2O)C(=O)N(C)C1=O)c1ccccc1. The Morgan fingerprint density at radius 2 is 1.71 bits per heavy atom. The summed E-state index contributed by atoms with van der Waals surface area (Å²) in [4.78, 5) is 41.3. The van der Waals surface area contributed by atoms with Gasteiger partial charge in [0.1, 0.15) is 11.4 Å². The normalized spacial score (nSPS) is 17.2. The number of hydrogen-bond donors (Lipinski definition) is 3. The van der Waals surface area contributed by atoms with Gasteiger partial charge in [0, 0.05) is 20.1 Å². The Hall–Kier alpha value is -3.85. The molecular weight excluding hydrogens is 436 g/mol. The molecule has 3 N–H and O–H groups in total. The molecule has 0 saturated carbocycles. The Morgan fingerprint density at radius 3 is 2.38 bits per heavy atom. The fourth-order valence-corrected chi connectivity index (χ4v) is 4.06. The van der Waals surface area contributed by atoms with E-state index in [-0.39, 0.29) is 40.3 Å². The molecule has 2 heterocycles. The van der Waals surface area contributed by atoms with Crippen molar-refractivity contribution in [2.45, 2.75) is 19.4 Å². The number of nitrogens with zero attached hydrogens (tertiary/aromatic N) is 2. The van der Waals surface area contributed by atoms with Crippen LogP contribution in [0.15, 0.2) is 59.9 Å². The number of phenolic OH excluding ortho intramolecular Hbond substituents is 1. The first-order valence-corrected chi connectivity index (χ1v) is 11.3. The van der Waals surface area contributed by atoms with E-state index in [1.54, 1.807) is 17.0 Å². The fourth-order valence-electron chi connectivity index (χ4n) is 4.06. The van der Waals surface area contributed by atoms with Crippen molar-refractivity contribution in [2.24, 2.45) is 0 Å². The van der Waals surface area contributed by atoms with Crippen LogP contribution >= 0.6 is 0 Å². The second-order valence-electron chi connectivity index (χ2n) is 8.17. The highest BCUT2D eigenvalue weighted by Gasteiger charge is 2.37. The van der Waals surface area contributed by atoms with E-state index in [1.165, 1.54) is 13.1 Å². The van der Waals surface area contributed by atoms with Crippen molar-refractivity contribution >= 4 is 23.4 Å². The molecule has 4 rings (SSSR count). The van der Waals surface area contributed by atoms with Gasteiger partial charge in [-0.2, -0.15) is 0 Å². The third-order valence-electron chi connectivity index (χ3n) is 6.04. The molecule has 34 heavy (non-hydrogen) atoms. The van der Waals surface area contributed by atoms with Crippen molar-refractivity contribution in [3.63, 3.8) is 0 Å². The average molecular weight is 465 g/mol. The summed E-state index contributed by atoms with van der Waals surface area (Å²) in [5, 5.41) is 17.0. The van der Waals surface area contributed by atoms with Crippen LogP contribution in [0.2, 0.25) is 0 Å². The van der Waals surface area contributed by atoms with Crippen molar-refractivity contribution in [2.75, 3.05) is 38.7 Å². The van der Waals surface area contributed by atoms with Gasteiger partial charge in [0.2, 0.25) is 0 Å². The number of rotatable bonds is 7. The number of para-hydroxylation sites is 1. The first kappa shape index (κ1) is 23.3. The number of nitrogens with one attached hydrogen (secondary N) is 2. The molecule has 2 aromatic rings. The minimum Gasteiger partial charge on any atom is -0.505 e. The van der Waals surface area contributed by atoms with Gasteiger partial charge < -0.3 is 25.4 Å². The lowest BCUT2D eigenvalue weighted by molar-refractivity contribution is -0.136. The third-order valence-corrected chi connectivity index (χ3v) is 6.04. The van der Waals surface area contributed by atoms with Crippen LogP contribution in [-0.4, -0.2) is 66.0 Å². The molecule has 2 aromatic carbocycles. The number of benzene rings is 2. The predicted octanol–water partition coefficient (Wildman–Crippen LogP) is 2.23. The lowest BCUT2D eigenvalue weighted by Gasteiger charge is -2.27. The number of imide groups is 1. The second-order valence-corrected chi connectivity index (χ2v) is 8.17. The van der Waals surface area contributed by atoms with Gasteiger partial charge in [-0.25, -0.2) is 0 Å². The van der Waals surface area contributed by atoms with E-state index in [2.05, 4.69) is 10.6 Å². The highest BCUT2D eigenvalue weighted by molar-refractivity contribution is 6.20. The molecule has 3 amide bonds. The number of ether oxygens (including phenoxy) is 1. The zero-order chi connectivity index (χ0) is 24.2. The van der Waals surface area contributed by atoms with E-state index < -0.39 is 11.8 Å². The number of hydrogen-bond acceptors (Lipinski definition) is 7. The van der Waals surface area contributed by atoms with Crippen LogP contribution in [0.25, 0.3) is 0 Å². The first-order valence-electron chi connectivity index (χ1n) is 11.3. The molecule has 9 heteroatoms. The Balaban J connectivity index is 1.65. The topological polar surface area (TPSA) is 111 Å². The molecule has 0 spiro atoms. The van der Waals surface area contributed by atoms with Crippen LogP contribution in [0, 0.1) is 0 Å². The minimum absolute atomic E-state index is 0.0214. The van der Waals surface area contributed by atoms with Crippen LogP contribution in [0.4, 0.5) is 5.69 Å². The predicted molar refractivity (Wildman–Crippen MR) is 126 cm³/mol. The van der Waals surface area contributed by atoms with Crippen molar-refractivity contribution in [3.05, 3.63) is 71.1 Å². The standard InChI is InChI=1S/C25H28N4O5/c1-3-18(16-8-5-4-6-9-16)26-20-21(25(33)28(2)24(20)32)27-19-11-7-10-17(22(19)30)23(31)29-12-14-34-15-13-29/h4-11,18,26-27,30H,3,12-15H2,1-2H3/t18-/m1/s1. The van der Waals surface area contributed by atoms with Crippen LogP contribution in [-0.2, 0) is 14.3 Å². The van der Waals surface area contributed by atoms with Gasteiger partial charge in [-0.1, -0.05) is 43.3 Å². The van der Waals surface area contributed by atoms with E-state index in [0.717, 1.165) is 10.5 Å². The Labute approximate surface area is 198 Å². The maximum absolute atomic E-state index is 12.9. The van der Waals surface area contributed by atoms with E-state index in [4.69, 9.17) is 4.74 Å². The molecule has 0 radical (unpaired) electrons. The number of phenols is 1. The number of anilines is 1. The number of morpholine rings is 1. The third kappa shape index (κ3) is 4.47. The molecule has 2 aliphatic rings. The summed E-state index contributed by atoms with van der Waals surface area (Å²) < 4.78 is 5.29. The van der Waals surface area contributed by atoms with Crippen LogP contribution in [0.5, 0.6) is 5.75 Å². The zero-order valence-corrected chi connectivity index (χ0v) is 19.2. The molecule has 1 fully saturated rings. The Morgan fingerprint density at radius 1 is 1.03 bits per heavy atom. The molecule has 0 unspecified atom stereocenters. The summed E-state index contributed by atoms with van der Waals surface area (Å²) >= 11 is 0. The first-order chi connectivity index (χ1) is 16.4. The Kier molecular flexibility index (Phi) is 6.83.